The molecule has 1 saturated heterocycles. The van der Waals surface area contributed by atoms with Crippen molar-refractivity contribution in [2.75, 3.05) is 13.1 Å². The van der Waals surface area contributed by atoms with Crippen LogP contribution in [0, 0.1) is 10.1 Å². The minimum atomic E-state index is -0.542. The van der Waals surface area contributed by atoms with Crippen molar-refractivity contribution >= 4 is 17.7 Å². The lowest BCUT2D eigenvalue weighted by atomic mass is 10.0. The summed E-state index contributed by atoms with van der Waals surface area (Å²) in [6, 6.07) is 9.65. The zero-order valence-electron chi connectivity index (χ0n) is 19.2. The second-order valence-electron chi connectivity index (χ2n) is 9.61. The van der Waals surface area contributed by atoms with Crippen LogP contribution in [0.15, 0.2) is 40.8 Å². The fraction of sp³-hybridized carbons (Fsp3) is 0.500. The van der Waals surface area contributed by atoms with Gasteiger partial charge in [-0.15, -0.1) is 0 Å². The summed E-state index contributed by atoms with van der Waals surface area (Å²) in [7, 11) is 0. The van der Waals surface area contributed by atoms with Crippen LogP contribution in [0.2, 0.25) is 0 Å². The summed E-state index contributed by atoms with van der Waals surface area (Å²) in [5, 5.41) is 11.1. The number of likely N-dealkylation sites (tertiary alicyclic amines) is 1. The molecule has 4 rings (SSSR count). The average molecular weight is 456 g/mol. The molecule has 9 nitrogen and oxygen atoms in total. The second-order valence-corrected chi connectivity index (χ2v) is 9.61. The van der Waals surface area contributed by atoms with Gasteiger partial charge in [0.15, 0.2) is 5.76 Å². The average Bonchev–Trinajstić information content (AvgIpc) is 3.47. The Balaban J connectivity index is 1.45. The van der Waals surface area contributed by atoms with E-state index in [0.717, 1.165) is 12.8 Å². The molecular weight excluding hydrogens is 426 g/mol. The lowest BCUT2D eigenvalue weighted by Gasteiger charge is -2.38. The minimum absolute atomic E-state index is 0.0232. The quantitative estimate of drug-likeness (QED) is 0.471. The van der Waals surface area contributed by atoms with Crippen molar-refractivity contribution in [3.63, 3.8) is 0 Å². The van der Waals surface area contributed by atoms with E-state index < -0.39 is 10.5 Å². The lowest BCUT2D eigenvalue weighted by Crippen LogP contribution is -2.50. The molecule has 1 aliphatic heterocycles. The van der Waals surface area contributed by atoms with Gasteiger partial charge in [0.05, 0.1) is 4.92 Å². The number of benzene rings is 1. The van der Waals surface area contributed by atoms with Gasteiger partial charge in [0, 0.05) is 42.9 Å². The number of carbonyl (C=O) groups excluding carboxylic acids is 2. The van der Waals surface area contributed by atoms with Crippen LogP contribution >= 0.6 is 0 Å². The van der Waals surface area contributed by atoms with E-state index in [0.29, 0.717) is 37.3 Å². The largest absolute Gasteiger partial charge is 0.451 e. The third kappa shape index (κ3) is 5.35. The Morgan fingerprint density at radius 3 is 2.36 bits per heavy atom. The van der Waals surface area contributed by atoms with Gasteiger partial charge < -0.3 is 19.0 Å². The molecule has 1 aromatic carbocycles. The van der Waals surface area contributed by atoms with Gasteiger partial charge >= 0.3 is 6.09 Å². The third-order valence-corrected chi connectivity index (χ3v) is 5.84. The standard InChI is InChI=1S/C24H29N3O6/c1-24(2,3)33-23(29)25-13-11-18(12-14-25)26(17-7-8-17)22(28)21-10-9-20(32-21)16-5-4-6-19(15-16)27(30)31/h4-6,9-10,15,17-18H,7-8,11-14H2,1-3H3. The molecule has 1 aliphatic carbocycles. The molecule has 2 aromatic rings. The van der Waals surface area contributed by atoms with Gasteiger partial charge in [-0.3, -0.25) is 14.9 Å². The van der Waals surface area contributed by atoms with E-state index in [4.69, 9.17) is 9.15 Å². The Labute approximate surface area is 192 Å². The molecule has 0 radical (unpaired) electrons. The number of carbonyl (C=O) groups is 2. The highest BCUT2D eigenvalue weighted by atomic mass is 16.6. The number of non-ortho nitro benzene ring substituents is 1. The van der Waals surface area contributed by atoms with Crippen LogP contribution in [0.4, 0.5) is 10.5 Å². The van der Waals surface area contributed by atoms with Crippen LogP contribution in [0.25, 0.3) is 11.3 Å². The van der Waals surface area contributed by atoms with Crippen LogP contribution in [0.5, 0.6) is 0 Å². The molecule has 0 atom stereocenters. The van der Waals surface area contributed by atoms with Crippen molar-refractivity contribution in [2.24, 2.45) is 0 Å². The first-order valence-electron chi connectivity index (χ1n) is 11.3. The summed E-state index contributed by atoms with van der Waals surface area (Å²) in [4.78, 5) is 39.9. The molecule has 2 amide bonds. The Hall–Kier alpha value is -3.36. The molecule has 176 valence electrons. The SMILES string of the molecule is CC(C)(C)OC(=O)N1CCC(N(C(=O)c2ccc(-c3cccc([N+](=O)[O-])c3)o2)C2CC2)CC1. The molecule has 9 heteroatoms. The van der Waals surface area contributed by atoms with Crippen molar-refractivity contribution < 1.29 is 23.7 Å². The molecule has 33 heavy (non-hydrogen) atoms. The number of nitrogens with zero attached hydrogens (tertiary/aromatic N) is 3. The Kier molecular flexibility index (Phi) is 6.14. The van der Waals surface area contributed by atoms with Crippen molar-refractivity contribution in [3.05, 3.63) is 52.3 Å². The zero-order chi connectivity index (χ0) is 23.8. The molecule has 2 aliphatic rings. The maximum atomic E-state index is 13.4. The van der Waals surface area contributed by atoms with Gasteiger partial charge in [0.2, 0.25) is 0 Å². The molecule has 2 fully saturated rings. The summed E-state index contributed by atoms with van der Waals surface area (Å²) in [6.07, 6.45) is 2.95. The maximum Gasteiger partial charge on any atom is 0.410 e. The first-order chi connectivity index (χ1) is 15.6. The summed E-state index contributed by atoms with van der Waals surface area (Å²) in [5.41, 5.74) is -0.0276. The predicted molar refractivity (Wildman–Crippen MR) is 121 cm³/mol. The predicted octanol–water partition coefficient (Wildman–Crippen LogP) is 4.86. The van der Waals surface area contributed by atoms with Gasteiger partial charge in [-0.1, -0.05) is 12.1 Å². The Morgan fingerprint density at radius 2 is 1.76 bits per heavy atom. The van der Waals surface area contributed by atoms with Crippen molar-refractivity contribution in [3.8, 4) is 11.3 Å². The number of rotatable bonds is 5. The lowest BCUT2D eigenvalue weighted by molar-refractivity contribution is -0.384. The molecule has 0 N–H and O–H groups in total. The van der Waals surface area contributed by atoms with Crippen LogP contribution in [-0.2, 0) is 4.74 Å². The van der Waals surface area contributed by atoms with E-state index in [1.165, 1.54) is 12.1 Å². The van der Waals surface area contributed by atoms with Crippen LogP contribution < -0.4 is 0 Å². The van der Waals surface area contributed by atoms with Gasteiger partial charge in [-0.25, -0.2) is 4.79 Å². The normalized spacial score (nSPS) is 17.0. The number of furan rings is 1. The number of nitro benzene ring substituents is 1. The Bertz CT molecular complexity index is 1040. The van der Waals surface area contributed by atoms with Crippen molar-refractivity contribution in [1.29, 1.82) is 0 Å². The van der Waals surface area contributed by atoms with E-state index in [-0.39, 0.29) is 35.5 Å². The number of hydrogen-bond acceptors (Lipinski definition) is 6. The molecule has 0 unspecified atom stereocenters. The monoisotopic (exact) mass is 455 g/mol. The summed E-state index contributed by atoms with van der Waals surface area (Å²) in [5.74, 6) is 0.459. The van der Waals surface area contributed by atoms with Crippen molar-refractivity contribution in [2.45, 2.75) is 64.1 Å². The molecule has 1 saturated carbocycles. The van der Waals surface area contributed by atoms with Crippen molar-refractivity contribution in [1.82, 2.24) is 9.80 Å². The molecule has 2 heterocycles. The highest BCUT2D eigenvalue weighted by molar-refractivity contribution is 5.93. The summed E-state index contributed by atoms with van der Waals surface area (Å²) < 4.78 is 11.3. The molecule has 0 bridgehead atoms. The molecule has 0 spiro atoms. The van der Waals surface area contributed by atoms with E-state index in [9.17, 15) is 19.7 Å². The van der Waals surface area contributed by atoms with Gasteiger partial charge in [0.1, 0.15) is 11.4 Å². The minimum Gasteiger partial charge on any atom is -0.451 e. The third-order valence-electron chi connectivity index (χ3n) is 5.84. The number of piperidine rings is 1. The van der Waals surface area contributed by atoms with Crippen LogP contribution in [-0.4, -0.2) is 57.5 Å². The topological polar surface area (TPSA) is 106 Å². The summed E-state index contributed by atoms with van der Waals surface area (Å²) in [6.45, 7) is 6.60. The highest BCUT2D eigenvalue weighted by Crippen LogP contribution is 2.34. The van der Waals surface area contributed by atoms with Gasteiger partial charge in [-0.05, 0) is 58.6 Å². The van der Waals surface area contributed by atoms with Gasteiger partial charge in [-0.2, -0.15) is 0 Å². The van der Waals surface area contributed by atoms with E-state index in [1.54, 1.807) is 29.2 Å². The van der Waals surface area contributed by atoms with E-state index in [1.807, 2.05) is 25.7 Å². The highest BCUT2D eigenvalue weighted by Gasteiger charge is 2.40. The second kappa shape index (κ2) is 8.88. The van der Waals surface area contributed by atoms with Gasteiger partial charge in [0.25, 0.3) is 11.6 Å². The number of ether oxygens (including phenoxy) is 1. The first-order valence-corrected chi connectivity index (χ1v) is 11.3. The number of amides is 2. The zero-order valence-corrected chi connectivity index (χ0v) is 19.2. The maximum absolute atomic E-state index is 13.4. The molecular formula is C24H29N3O6. The number of hydrogen-bond donors (Lipinski definition) is 0. The molecule has 1 aromatic heterocycles. The van der Waals surface area contributed by atoms with E-state index >= 15 is 0 Å². The smallest absolute Gasteiger partial charge is 0.410 e. The van der Waals surface area contributed by atoms with Crippen LogP contribution in [0.1, 0.15) is 57.0 Å². The fourth-order valence-corrected chi connectivity index (χ4v) is 4.14. The van der Waals surface area contributed by atoms with E-state index in [2.05, 4.69) is 0 Å². The fourth-order valence-electron chi connectivity index (χ4n) is 4.14. The number of nitro groups is 1. The van der Waals surface area contributed by atoms with Crippen LogP contribution in [0.3, 0.4) is 0 Å². The summed E-state index contributed by atoms with van der Waals surface area (Å²) >= 11 is 0. The first kappa shape index (κ1) is 22.8. The Morgan fingerprint density at radius 1 is 1.09 bits per heavy atom.